The van der Waals surface area contributed by atoms with Crippen molar-refractivity contribution in [2.45, 2.75) is 79.1 Å². The van der Waals surface area contributed by atoms with E-state index in [-0.39, 0.29) is 82.7 Å². The Bertz CT molecular complexity index is 6870. The lowest BCUT2D eigenvalue weighted by molar-refractivity contribution is -0.121. The van der Waals surface area contributed by atoms with Crippen molar-refractivity contribution in [1.29, 1.82) is 0 Å². The fraction of sp³-hybridized carbons (Fsp3) is 0.152. The molecule has 0 aliphatic carbocycles. The van der Waals surface area contributed by atoms with Gasteiger partial charge in [-0.25, -0.2) is 24.5 Å². The molecule has 0 bridgehead atoms. The van der Waals surface area contributed by atoms with Gasteiger partial charge in [-0.2, -0.15) is 0 Å². The van der Waals surface area contributed by atoms with E-state index in [9.17, 15) is 47.9 Å². The minimum atomic E-state index is -0.375. The number of anilines is 5. The standard InChI is InChI=1S/2C33H33NO4.C30H22N2O5.C29H25NO4/c1-7-19-37-32-21(3)9-15-27(23(32)5)31(28-16-10-22(4)33(24(28)6)38-20-8-2)25-11-13-26(14-12-25)34-29(35)17-18-30(34)36;1-7-15-37-32-21(3)17-26(18-22(32)4)31(27-19-23(5)33(24(6)20-27)38-16-8-2)25-9-11-28(12-10-25)34-29(35)13-14-30(34)36;1-2-19-37-25-13-7-22(8-14-25)30(20-3-9-23(10-4-20)31-26(33)15-16-27(31)34)21-5-11-24(12-6-21)32-28(35)17-18-29(32)36;1-3-17-33-25-9-5-7-22(19-25)29(23-8-6-10-26(20-23)34-18-4-2)21-11-13-24(14-12-21)30-27(31)15-16-28(30)32/h7-18,31H,1-2,19-20H2,3-6H3;7-14,17-20,31H,1-2,15-16H2,3-6H3;2-18,30H,1,19H2;3-16,19-20,29H,1-2,17-18H2. The number of amides is 10. The zero-order valence-electron chi connectivity index (χ0n) is 83.3. The highest BCUT2D eigenvalue weighted by Crippen LogP contribution is 2.46. The summed E-state index contributed by atoms with van der Waals surface area (Å²) in [6.45, 7) is 45.6. The SMILES string of the molecule is C=CCOc1c(C)cc(C(c2ccc(N3C(=O)C=CC3=O)cc2)c2cc(C)c(OCC=C)c(C)c2)cc1C.C=CCOc1c(C)ccc(C(c2ccc(N3C(=O)C=CC3=O)cc2)c2ccc(C)c(OCC=C)c2C)c1C.C=CCOc1ccc(C(c2ccc(N3C(=O)C=CC3=O)cc2)c2ccc(N3C(=O)C=CC3=O)cc2)cc1.C=CCOc1cccc(C(c2ccc(N3C(=O)C=CC3=O)cc2)c2cccc(OCC=C)c2)c1. The second-order valence-electron chi connectivity index (χ2n) is 35.1. The van der Waals surface area contributed by atoms with Crippen molar-refractivity contribution in [3.05, 3.63) is 503 Å². The van der Waals surface area contributed by atoms with E-state index in [1.54, 1.807) is 78.9 Å². The van der Waals surface area contributed by atoms with E-state index in [1.807, 2.05) is 172 Å². The highest BCUT2D eigenvalue weighted by molar-refractivity contribution is 6.31. The summed E-state index contributed by atoms with van der Waals surface area (Å²) in [6, 6.07) is 77.8. The van der Waals surface area contributed by atoms with Crippen LogP contribution in [0.4, 0.5) is 28.4 Å². The normalized spacial score (nSPS) is 13.3. The van der Waals surface area contributed by atoms with Gasteiger partial charge in [-0.05, 0) is 264 Å². The highest BCUT2D eigenvalue weighted by Gasteiger charge is 2.34. The van der Waals surface area contributed by atoms with Crippen molar-refractivity contribution in [2.24, 2.45) is 0 Å². The van der Waals surface area contributed by atoms with E-state index >= 15 is 0 Å². The Morgan fingerprint density at radius 2 is 0.415 bits per heavy atom. The van der Waals surface area contributed by atoms with Crippen molar-refractivity contribution in [3.63, 3.8) is 0 Å². The van der Waals surface area contributed by atoms with Crippen molar-refractivity contribution < 1.29 is 81.1 Å². The molecule has 10 amide bonds. The summed E-state index contributed by atoms with van der Waals surface area (Å²) in [5.74, 6) is 1.53. The number of carbonyl (C=O) groups excluding carboxylic acids is 10. The molecular weight excluding hydrogens is 1840 g/mol. The van der Waals surface area contributed by atoms with Gasteiger partial charge in [-0.1, -0.05) is 234 Å². The summed E-state index contributed by atoms with van der Waals surface area (Å²) in [5, 5.41) is 0. The van der Waals surface area contributed by atoms with Crippen LogP contribution in [0, 0.1) is 55.4 Å². The molecule has 12 aromatic rings. The summed E-state index contributed by atoms with van der Waals surface area (Å²) in [6.07, 6.45) is 24.8. The lowest BCUT2D eigenvalue weighted by Gasteiger charge is -2.26. The Kier molecular flexibility index (Phi) is 34.5. The van der Waals surface area contributed by atoms with Crippen LogP contribution in [0.2, 0.25) is 0 Å². The maximum atomic E-state index is 12.2. The third-order valence-electron chi connectivity index (χ3n) is 25.1. The minimum Gasteiger partial charge on any atom is -0.490 e. The molecule has 22 heteroatoms. The zero-order valence-corrected chi connectivity index (χ0v) is 83.3. The average molecular weight is 1960 g/mol. The number of hydrogen-bond donors (Lipinski definition) is 0. The van der Waals surface area contributed by atoms with E-state index in [0.717, 1.165) is 160 Å². The van der Waals surface area contributed by atoms with Crippen LogP contribution < -0.4 is 57.7 Å². The van der Waals surface area contributed by atoms with Gasteiger partial charge in [-0.3, -0.25) is 47.9 Å². The van der Waals surface area contributed by atoms with Crippen molar-refractivity contribution in [3.8, 4) is 40.2 Å². The molecule has 5 aliphatic rings. The molecule has 740 valence electrons. The van der Waals surface area contributed by atoms with Gasteiger partial charge in [0.25, 0.3) is 59.1 Å². The predicted molar refractivity (Wildman–Crippen MR) is 577 cm³/mol. The Hall–Kier alpha value is -18.2. The molecule has 12 aromatic carbocycles. The first-order valence-corrected chi connectivity index (χ1v) is 47.8. The summed E-state index contributed by atoms with van der Waals surface area (Å²) in [5.41, 5.74) is 23.4. The molecule has 17 rings (SSSR count). The second-order valence-corrected chi connectivity index (χ2v) is 35.1. The maximum Gasteiger partial charge on any atom is 0.258 e. The van der Waals surface area contributed by atoms with Gasteiger partial charge in [0.15, 0.2) is 0 Å². The van der Waals surface area contributed by atoms with Crippen molar-refractivity contribution in [2.75, 3.05) is 70.7 Å². The lowest BCUT2D eigenvalue weighted by atomic mass is 9.80. The first-order valence-electron chi connectivity index (χ1n) is 47.8. The average Bonchev–Trinajstić information content (AvgIpc) is 1.02. The van der Waals surface area contributed by atoms with Crippen molar-refractivity contribution >= 4 is 87.5 Å². The fourth-order valence-electron chi connectivity index (χ4n) is 18.5. The number of rotatable bonds is 38. The van der Waals surface area contributed by atoms with E-state index in [4.69, 9.17) is 33.2 Å². The Balaban J connectivity index is 0.000000155. The molecule has 0 atom stereocenters. The first-order chi connectivity index (χ1) is 71.1. The largest absolute Gasteiger partial charge is 0.490 e. The second kappa shape index (κ2) is 48.5. The van der Waals surface area contributed by atoms with Gasteiger partial charge in [0.2, 0.25) is 0 Å². The summed E-state index contributed by atoms with van der Waals surface area (Å²) in [4.78, 5) is 127. The van der Waals surface area contributed by atoms with Gasteiger partial charge in [0.05, 0.1) is 28.4 Å². The highest BCUT2D eigenvalue weighted by atomic mass is 16.5. The van der Waals surface area contributed by atoms with Gasteiger partial charge in [0.1, 0.15) is 86.5 Å². The smallest absolute Gasteiger partial charge is 0.258 e. The number of ether oxygens (including phenoxy) is 7. The monoisotopic (exact) mass is 1960 g/mol. The van der Waals surface area contributed by atoms with Gasteiger partial charge in [0, 0.05) is 84.4 Å². The summed E-state index contributed by atoms with van der Waals surface area (Å²) in [7, 11) is 0. The van der Waals surface area contributed by atoms with Crippen LogP contribution in [0.3, 0.4) is 0 Å². The van der Waals surface area contributed by atoms with Crippen LogP contribution in [0.5, 0.6) is 40.2 Å². The molecule has 22 nitrogen and oxygen atoms in total. The van der Waals surface area contributed by atoms with Crippen LogP contribution in [0.15, 0.2) is 392 Å². The van der Waals surface area contributed by atoms with E-state index in [1.165, 1.54) is 70.6 Å². The molecule has 0 saturated heterocycles. The number of benzene rings is 12. The third kappa shape index (κ3) is 24.3. The predicted octanol–water partition coefficient (Wildman–Crippen LogP) is 23.0. The van der Waals surface area contributed by atoms with E-state index < -0.39 is 0 Å². The van der Waals surface area contributed by atoms with E-state index in [2.05, 4.69) is 136 Å². The van der Waals surface area contributed by atoms with Crippen LogP contribution >= 0.6 is 0 Å². The number of nitrogens with zero attached hydrogens (tertiary/aromatic N) is 5. The molecule has 0 N–H and O–H groups in total. The molecule has 0 aromatic heterocycles. The van der Waals surface area contributed by atoms with Crippen LogP contribution in [0.25, 0.3) is 0 Å². The maximum absolute atomic E-state index is 12.2. The van der Waals surface area contributed by atoms with Gasteiger partial charge in [-0.15, -0.1) is 0 Å². The van der Waals surface area contributed by atoms with Crippen LogP contribution in [-0.2, 0) is 47.9 Å². The molecule has 0 radical (unpaired) electrons. The third-order valence-corrected chi connectivity index (χ3v) is 25.1. The first kappa shape index (κ1) is 105. The number of hydrogen-bond acceptors (Lipinski definition) is 17. The molecule has 0 spiro atoms. The molecule has 0 fully saturated rings. The number of aryl methyl sites for hydroxylation is 6. The quantitative estimate of drug-likeness (QED) is 0.0198. The summed E-state index contributed by atoms with van der Waals surface area (Å²) < 4.78 is 41.1. The Morgan fingerprint density at radius 3 is 0.667 bits per heavy atom. The van der Waals surface area contributed by atoms with Crippen molar-refractivity contribution in [1.82, 2.24) is 0 Å². The van der Waals surface area contributed by atoms with Gasteiger partial charge >= 0.3 is 0 Å². The fourth-order valence-corrected chi connectivity index (χ4v) is 18.5. The van der Waals surface area contributed by atoms with Crippen LogP contribution in [0.1, 0.15) is 135 Å². The molecule has 147 heavy (non-hydrogen) atoms. The van der Waals surface area contributed by atoms with Crippen LogP contribution in [-0.4, -0.2) is 105 Å². The summed E-state index contributed by atoms with van der Waals surface area (Å²) >= 11 is 0. The number of imide groups is 5. The minimum absolute atomic E-state index is 0.0936. The number of carbonyl (C=O) groups is 10. The molecule has 0 unspecified atom stereocenters. The van der Waals surface area contributed by atoms with Gasteiger partial charge < -0.3 is 33.2 Å². The Labute approximate surface area is 856 Å². The molecule has 5 aliphatic heterocycles. The molecule has 0 saturated carbocycles. The van der Waals surface area contributed by atoms with E-state index in [0.29, 0.717) is 80.4 Å². The lowest BCUT2D eigenvalue weighted by Crippen LogP contribution is -2.29. The molecule has 5 heterocycles. The molecular formula is C125H113N5O17. The zero-order chi connectivity index (χ0) is 105. The topological polar surface area (TPSA) is 252 Å². The Morgan fingerprint density at radius 1 is 0.204 bits per heavy atom.